The Bertz CT molecular complexity index is 1380. The fourth-order valence-electron chi connectivity index (χ4n) is 5.40. The number of rotatable bonds is 8. The van der Waals surface area contributed by atoms with Crippen LogP contribution in [0.4, 0.5) is 11.4 Å². The van der Waals surface area contributed by atoms with Gasteiger partial charge in [-0.15, -0.1) is 0 Å². The number of benzene rings is 3. The first-order valence-electron chi connectivity index (χ1n) is 13.1. The number of hydrogen-bond acceptors (Lipinski definition) is 4. The van der Waals surface area contributed by atoms with E-state index in [-0.39, 0.29) is 5.91 Å². The SMILES string of the molecule is O=C1Nc2ccccc2C1C(=Nc1ccc(-c2cnc[nH]2)cc1)c1ccc(CCCN2CCCC2)cc1. The summed E-state index contributed by atoms with van der Waals surface area (Å²) in [6, 6.07) is 24.5. The Labute approximate surface area is 217 Å². The maximum atomic E-state index is 13.2. The molecule has 4 aromatic rings. The minimum absolute atomic E-state index is 0.0382. The summed E-state index contributed by atoms with van der Waals surface area (Å²) in [7, 11) is 0. The molecule has 6 nitrogen and oxygen atoms in total. The fraction of sp³-hybridized carbons (Fsp3) is 0.258. The van der Waals surface area contributed by atoms with E-state index >= 15 is 0 Å². The maximum absolute atomic E-state index is 13.2. The zero-order chi connectivity index (χ0) is 25.0. The molecule has 1 fully saturated rings. The average molecular weight is 490 g/mol. The number of anilines is 1. The quantitative estimate of drug-likeness (QED) is 0.300. The summed E-state index contributed by atoms with van der Waals surface area (Å²) < 4.78 is 0. The van der Waals surface area contributed by atoms with Crippen LogP contribution < -0.4 is 5.32 Å². The van der Waals surface area contributed by atoms with E-state index in [9.17, 15) is 4.79 Å². The minimum Gasteiger partial charge on any atom is -0.345 e. The Morgan fingerprint density at radius 1 is 0.973 bits per heavy atom. The summed E-state index contributed by atoms with van der Waals surface area (Å²) in [5.74, 6) is -0.492. The largest absolute Gasteiger partial charge is 0.345 e. The molecule has 3 heterocycles. The Morgan fingerprint density at radius 2 is 1.76 bits per heavy atom. The lowest BCUT2D eigenvalue weighted by molar-refractivity contribution is -0.115. The normalized spacial score (nSPS) is 17.7. The van der Waals surface area contributed by atoms with Crippen molar-refractivity contribution in [3.05, 3.63) is 102 Å². The molecule has 1 aromatic heterocycles. The lowest BCUT2D eigenvalue weighted by Gasteiger charge is -2.16. The molecule has 1 saturated heterocycles. The summed E-state index contributed by atoms with van der Waals surface area (Å²) >= 11 is 0. The summed E-state index contributed by atoms with van der Waals surface area (Å²) in [5, 5.41) is 3.04. The first-order chi connectivity index (χ1) is 18.2. The van der Waals surface area contributed by atoms with Gasteiger partial charge >= 0.3 is 0 Å². The van der Waals surface area contributed by atoms with Gasteiger partial charge in [-0.3, -0.25) is 9.79 Å². The van der Waals surface area contributed by atoms with Crippen LogP contribution in [0.25, 0.3) is 11.3 Å². The predicted molar refractivity (Wildman–Crippen MR) is 148 cm³/mol. The van der Waals surface area contributed by atoms with E-state index in [2.05, 4.69) is 44.5 Å². The number of fused-ring (bicyclic) bond motifs is 1. The van der Waals surface area contributed by atoms with Crippen molar-refractivity contribution in [3.63, 3.8) is 0 Å². The highest BCUT2D eigenvalue weighted by Crippen LogP contribution is 2.36. The zero-order valence-corrected chi connectivity index (χ0v) is 20.9. The second-order valence-corrected chi connectivity index (χ2v) is 9.87. The van der Waals surface area contributed by atoms with Gasteiger partial charge in [-0.2, -0.15) is 0 Å². The minimum atomic E-state index is -0.454. The van der Waals surface area contributed by atoms with Crippen molar-refractivity contribution >= 4 is 23.0 Å². The van der Waals surface area contributed by atoms with E-state index in [1.807, 2.05) is 48.5 Å². The zero-order valence-electron chi connectivity index (χ0n) is 20.9. The molecule has 0 radical (unpaired) electrons. The Balaban J connectivity index is 1.29. The first kappa shape index (κ1) is 23.4. The van der Waals surface area contributed by atoms with Gasteiger partial charge in [0.05, 0.1) is 29.6 Å². The molecular weight excluding hydrogens is 458 g/mol. The van der Waals surface area contributed by atoms with Gasteiger partial charge in [-0.05, 0) is 85.8 Å². The number of aromatic nitrogens is 2. The van der Waals surface area contributed by atoms with Gasteiger partial charge in [-0.25, -0.2) is 4.98 Å². The van der Waals surface area contributed by atoms with Crippen LogP contribution in [0.15, 0.2) is 90.3 Å². The molecule has 1 atom stereocenters. The number of H-pyrrole nitrogens is 1. The van der Waals surface area contributed by atoms with E-state index in [4.69, 9.17) is 4.99 Å². The number of aliphatic imine (C=N–C) groups is 1. The first-order valence-corrected chi connectivity index (χ1v) is 13.1. The van der Waals surface area contributed by atoms with Crippen LogP contribution in [0.1, 0.15) is 41.9 Å². The van der Waals surface area contributed by atoms with E-state index in [0.29, 0.717) is 0 Å². The topological polar surface area (TPSA) is 73.4 Å². The number of likely N-dealkylation sites (tertiary alicyclic amines) is 1. The molecule has 2 aliphatic rings. The van der Waals surface area contributed by atoms with E-state index in [1.54, 1.807) is 12.5 Å². The Kier molecular flexibility index (Phi) is 6.65. The molecule has 0 saturated carbocycles. The van der Waals surface area contributed by atoms with E-state index < -0.39 is 5.92 Å². The van der Waals surface area contributed by atoms with Crippen molar-refractivity contribution in [3.8, 4) is 11.3 Å². The molecule has 37 heavy (non-hydrogen) atoms. The standard InChI is InChI=1S/C31H31N5O/c37-31-29(26-7-1-2-8-27(26)35-31)30(34-25-15-13-23(14-16-25)28-20-32-21-33-28)24-11-9-22(10-12-24)6-5-19-36-17-3-4-18-36/h1-2,7-16,20-21,29H,3-6,17-19H2,(H,32,33)(H,35,37). The second-order valence-electron chi connectivity index (χ2n) is 9.87. The van der Waals surface area contributed by atoms with Crippen LogP contribution in [-0.2, 0) is 11.2 Å². The number of aromatic amines is 1. The van der Waals surface area contributed by atoms with Crippen LogP contribution in [0.2, 0.25) is 0 Å². The second kappa shape index (κ2) is 10.5. The summed E-state index contributed by atoms with van der Waals surface area (Å²) in [6.07, 6.45) is 8.37. The smallest absolute Gasteiger partial charge is 0.238 e. The van der Waals surface area contributed by atoms with Crippen molar-refractivity contribution in [2.24, 2.45) is 4.99 Å². The van der Waals surface area contributed by atoms with Crippen LogP contribution in [0.3, 0.4) is 0 Å². The molecule has 186 valence electrons. The molecule has 0 bridgehead atoms. The van der Waals surface area contributed by atoms with Crippen molar-refractivity contribution in [2.45, 2.75) is 31.6 Å². The number of carbonyl (C=O) groups excluding carboxylic acids is 1. The summed E-state index contributed by atoms with van der Waals surface area (Å²) in [6.45, 7) is 3.65. The molecule has 6 heteroatoms. The van der Waals surface area contributed by atoms with Crippen molar-refractivity contribution in [1.82, 2.24) is 14.9 Å². The molecule has 3 aromatic carbocycles. The molecule has 0 spiro atoms. The third kappa shape index (κ3) is 5.11. The molecule has 2 N–H and O–H groups in total. The third-order valence-electron chi connectivity index (χ3n) is 7.38. The highest BCUT2D eigenvalue weighted by molar-refractivity contribution is 6.24. The van der Waals surface area contributed by atoms with Crippen molar-refractivity contribution in [2.75, 3.05) is 25.0 Å². The van der Waals surface area contributed by atoms with Gasteiger partial charge in [0.15, 0.2) is 0 Å². The molecule has 0 aliphatic carbocycles. The number of para-hydroxylation sites is 1. The average Bonchev–Trinajstić information content (AvgIpc) is 3.70. The van der Waals surface area contributed by atoms with Gasteiger partial charge in [0.2, 0.25) is 5.91 Å². The molecule has 1 amide bonds. The predicted octanol–water partition coefficient (Wildman–Crippen LogP) is 5.96. The van der Waals surface area contributed by atoms with Gasteiger partial charge < -0.3 is 15.2 Å². The summed E-state index contributed by atoms with van der Waals surface area (Å²) in [4.78, 5) is 28.0. The van der Waals surface area contributed by atoms with Crippen LogP contribution >= 0.6 is 0 Å². The number of nitrogens with zero attached hydrogens (tertiary/aromatic N) is 3. The molecule has 2 aliphatic heterocycles. The van der Waals surface area contributed by atoms with Gasteiger partial charge in [0, 0.05) is 5.69 Å². The number of imidazole rings is 1. The fourth-order valence-corrected chi connectivity index (χ4v) is 5.40. The highest BCUT2D eigenvalue weighted by Gasteiger charge is 2.35. The Morgan fingerprint density at radius 3 is 2.51 bits per heavy atom. The number of aryl methyl sites for hydroxylation is 1. The van der Waals surface area contributed by atoms with Crippen molar-refractivity contribution < 1.29 is 4.79 Å². The number of amides is 1. The number of nitrogens with one attached hydrogen (secondary N) is 2. The maximum Gasteiger partial charge on any atom is 0.238 e. The monoisotopic (exact) mass is 489 g/mol. The van der Waals surface area contributed by atoms with Crippen LogP contribution in [0.5, 0.6) is 0 Å². The van der Waals surface area contributed by atoms with Gasteiger partial charge in [0.25, 0.3) is 0 Å². The number of hydrogen-bond donors (Lipinski definition) is 2. The molecule has 6 rings (SSSR count). The van der Waals surface area contributed by atoms with Crippen molar-refractivity contribution in [1.29, 1.82) is 0 Å². The lowest BCUT2D eigenvalue weighted by Crippen LogP contribution is -2.22. The molecule has 1 unspecified atom stereocenters. The van der Waals surface area contributed by atoms with Gasteiger partial charge in [0.1, 0.15) is 5.92 Å². The van der Waals surface area contributed by atoms with Crippen LogP contribution in [0, 0.1) is 0 Å². The Hall–Kier alpha value is -4.03. The van der Waals surface area contributed by atoms with Gasteiger partial charge in [-0.1, -0.05) is 54.6 Å². The van der Waals surface area contributed by atoms with E-state index in [0.717, 1.165) is 45.9 Å². The molecular formula is C31H31N5O. The third-order valence-corrected chi connectivity index (χ3v) is 7.38. The summed E-state index contributed by atoms with van der Waals surface area (Å²) in [5.41, 5.74) is 7.69. The highest BCUT2D eigenvalue weighted by atomic mass is 16.2. The lowest BCUT2D eigenvalue weighted by atomic mass is 9.90. The van der Waals surface area contributed by atoms with E-state index in [1.165, 1.54) is 44.5 Å². The number of carbonyl (C=O) groups is 1. The van der Waals surface area contributed by atoms with Crippen LogP contribution in [-0.4, -0.2) is 46.1 Å².